The molecule has 0 amide bonds. The third-order valence-electron chi connectivity index (χ3n) is 4.83. The van der Waals surface area contributed by atoms with Crippen molar-refractivity contribution in [1.29, 1.82) is 0 Å². The largest absolute Gasteiger partial charge is 0.486 e. The molecule has 2 heterocycles. The Hall–Kier alpha value is -3.91. The number of aromatic amines is 1. The highest BCUT2D eigenvalue weighted by Crippen LogP contribution is 2.25. The first-order valence-electron chi connectivity index (χ1n) is 10.1. The molecular formula is C24H19N5O2S. The highest BCUT2D eigenvalue weighted by Gasteiger charge is 2.16. The summed E-state index contributed by atoms with van der Waals surface area (Å²) in [6, 6.07) is 26.8. The van der Waals surface area contributed by atoms with E-state index in [0.29, 0.717) is 33.5 Å². The van der Waals surface area contributed by atoms with Crippen LogP contribution in [0, 0.1) is 0 Å². The second-order valence-electron chi connectivity index (χ2n) is 6.99. The fourth-order valence-corrected chi connectivity index (χ4v) is 4.17. The second kappa shape index (κ2) is 9.07. The lowest BCUT2D eigenvalue weighted by atomic mass is 10.2. The zero-order valence-corrected chi connectivity index (χ0v) is 17.8. The highest BCUT2D eigenvalue weighted by atomic mass is 32.2. The second-order valence-corrected chi connectivity index (χ2v) is 7.93. The van der Waals surface area contributed by atoms with Gasteiger partial charge in [-0.1, -0.05) is 60.3 Å². The molecule has 0 unspecified atom stereocenters. The fourth-order valence-electron chi connectivity index (χ4n) is 3.32. The minimum atomic E-state index is -0.146. The number of H-pyrrole nitrogens is 1. The Morgan fingerprint density at radius 1 is 0.875 bits per heavy atom. The van der Waals surface area contributed by atoms with Gasteiger partial charge in [-0.25, -0.2) is 4.98 Å². The van der Waals surface area contributed by atoms with Crippen molar-refractivity contribution in [2.75, 3.05) is 0 Å². The fraction of sp³-hybridized carbons (Fsp3) is 0.0833. The summed E-state index contributed by atoms with van der Waals surface area (Å²) in [5.41, 5.74) is 1.47. The first-order chi connectivity index (χ1) is 15.8. The van der Waals surface area contributed by atoms with Gasteiger partial charge in [-0.3, -0.25) is 9.36 Å². The normalized spacial score (nSPS) is 11.0. The number of fused-ring (bicyclic) bond motifs is 1. The van der Waals surface area contributed by atoms with E-state index in [0.717, 1.165) is 11.4 Å². The molecule has 158 valence electrons. The molecule has 7 nitrogen and oxygen atoms in total. The molecule has 1 N–H and O–H groups in total. The lowest BCUT2D eigenvalue weighted by Crippen LogP contribution is -2.11. The van der Waals surface area contributed by atoms with E-state index in [9.17, 15) is 4.79 Å². The number of aromatic nitrogens is 5. The number of hydrogen-bond donors (Lipinski definition) is 1. The summed E-state index contributed by atoms with van der Waals surface area (Å²) >= 11 is 1.46. The van der Waals surface area contributed by atoms with Gasteiger partial charge in [0.25, 0.3) is 5.56 Å². The van der Waals surface area contributed by atoms with Gasteiger partial charge in [0.2, 0.25) is 0 Å². The number of hydrogen-bond acceptors (Lipinski definition) is 6. The molecule has 0 spiro atoms. The Kier molecular flexibility index (Phi) is 5.67. The first kappa shape index (κ1) is 20.0. The zero-order chi connectivity index (χ0) is 21.8. The minimum Gasteiger partial charge on any atom is -0.486 e. The molecule has 2 aromatic heterocycles. The average Bonchev–Trinajstić information content (AvgIpc) is 3.25. The monoisotopic (exact) mass is 441 g/mol. The maximum Gasteiger partial charge on any atom is 0.258 e. The van der Waals surface area contributed by atoms with Crippen molar-refractivity contribution >= 4 is 22.7 Å². The Labute approximate surface area is 188 Å². The highest BCUT2D eigenvalue weighted by molar-refractivity contribution is 7.98. The Balaban J connectivity index is 1.42. The molecule has 0 saturated carbocycles. The maximum absolute atomic E-state index is 12.4. The Morgan fingerprint density at radius 2 is 1.59 bits per heavy atom. The molecule has 0 atom stereocenters. The quantitative estimate of drug-likeness (QED) is 0.378. The summed E-state index contributed by atoms with van der Waals surface area (Å²) in [6.45, 7) is 0.275. The van der Waals surface area contributed by atoms with Gasteiger partial charge in [0.1, 0.15) is 18.2 Å². The van der Waals surface area contributed by atoms with Crippen LogP contribution in [-0.2, 0) is 12.4 Å². The summed E-state index contributed by atoms with van der Waals surface area (Å²) < 4.78 is 7.87. The van der Waals surface area contributed by atoms with Crippen molar-refractivity contribution in [2.24, 2.45) is 0 Å². The molecule has 0 fully saturated rings. The van der Waals surface area contributed by atoms with Crippen LogP contribution >= 0.6 is 11.8 Å². The van der Waals surface area contributed by atoms with E-state index in [-0.39, 0.29) is 12.2 Å². The van der Waals surface area contributed by atoms with E-state index < -0.39 is 0 Å². The number of rotatable bonds is 7. The summed E-state index contributed by atoms with van der Waals surface area (Å²) in [5.74, 6) is 2.48. The molecule has 0 aliphatic heterocycles. The SMILES string of the molecule is O=c1[nH]c(CSc2nnc(COc3ccccc3)n2-c2ccccc2)nc2ccccc12. The molecule has 32 heavy (non-hydrogen) atoms. The summed E-state index contributed by atoms with van der Waals surface area (Å²) in [4.78, 5) is 19.8. The number of para-hydroxylation sites is 3. The summed E-state index contributed by atoms with van der Waals surface area (Å²) in [5, 5.41) is 10.0. The van der Waals surface area contributed by atoms with Gasteiger partial charge in [0, 0.05) is 5.69 Å². The van der Waals surface area contributed by atoms with Gasteiger partial charge in [-0.05, 0) is 36.4 Å². The summed E-state index contributed by atoms with van der Waals surface area (Å²) in [7, 11) is 0. The van der Waals surface area contributed by atoms with E-state index in [1.165, 1.54) is 11.8 Å². The van der Waals surface area contributed by atoms with Crippen LogP contribution in [0.15, 0.2) is 94.9 Å². The van der Waals surface area contributed by atoms with E-state index >= 15 is 0 Å². The zero-order valence-electron chi connectivity index (χ0n) is 17.0. The van der Waals surface area contributed by atoms with Gasteiger partial charge < -0.3 is 9.72 Å². The van der Waals surface area contributed by atoms with E-state index in [1.54, 1.807) is 6.07 Å². The van der Waals surface area contributed by atoms with E-state index in [2.05, 4.69) is 20.2 Å². The van der Waals surface area contributed by atoms with Crippen LogP contribution in [0.25, 0.3) is 16.6 Å². The first-order valence-corrected chi connectivity index (χ1v) is 11.0. The predicted octanol–water partition coefficient (Wildman–Crippen LogP) is 4.38. The molecule has 0 aliphatic rings. The van der Waals surface area contributed by atoms with Crippen LogP contribution in [-0.4, -0.2) is 24.7 Å². The van der Waals surface area contributed by atoms with Crippen LogP contribution in [0.3, 0.4) is 0 Å². The van der Waals surface area contributed by atoms with Crippen LogP contribution in [0.5, 0.6) is 5.75 Å². The molecule has 0 saturated heterocycles. The number of ether oxygens (including phenoxy) is 1. The molecule has 3 aromatic carbocycles. The molecule has 0 bridgehead atoms. The summed E-state index contributed by atoms with van der Waals surface area (Å²) in [6.07, 6.45) is 0. The van der Waals surface area contributed by atoms with Crippen LogP contribution in [0.2, 0.25) is 0 Å². The lowest BCUT2D eigenvalue weighted by Gasteiger charge is -2.11. The topological polar surface area (TPSA) is 85.7 Å². The molecule has 0 radical (unpaired) electrons. The van der Waals surface area contributed by atoms with Gasteiger partial charge in [0.15, 0.2) is 11.0 Å². The van der Waals surface area contributed by atoms with Crippen molar-refractivity contribution in [3.8, 4) is 11.4 Å². The maximum atomic E-state index is 12.4. The molecule has 0 aliphatic carbocycles. The van der Waals surface area contributed by atoms with Crippen molar-refractivity contribution in [1.82, 2.24) is 24.7 Å². The van der Waals surface area contributed by atoms with Gasteiger partial charge in [-0.2, -0.15) is 0 Å². The van der Waals surface area contributed by atoms with E-state index in [1.807, 2.05) is 83.4 Å². The lowest BCUT2D eigenvalue weighted by molar-refractivity contribution is 0.293. The van der Waals surface area contributed by atoms with Gasteiger partial charge in [-0.15, -0.1) is 10.2 Å². The molecule has 5 aromatic rings. The van der Waals surface area contributed by atoms with E-state index in [4.69, 9.17) is 4.74 Å². The number of thioether (sulfide) groups is 1. The standard InChI is InChI=1S/C24H19N5O2S/c30-23-19-13-7-8-14-20(19)25-21(26-23)16-32-24-28-27-22(15-31-18-11-5-2-6-12-18)29(24)17-9-3-1-4-10-17/h1-14H,15-16H2,(H,25,26,30). The number of benzene rings is 3. The third kappa shape index (κ3) is 4.26. The van der Waals surface area contributed by atoms with Crippen LogP contribution in [0.4, 0.5) is 0 Å². The minimum absolute atomic E-state index is 0.146. The number of nitrogens with one attached hydrogen (secondary N) is 1. The molecular weight excluding hydrogens is 422 g/mol. The van der Waals surface area contributed by atoms with Crippen molar-refractivity contribution < 1.29 is 4.74 Å². The predicted molar refractivity (Wildman–Crippen MR) is 124 cm³/mol. The van der Waals surface area contributed by atoms with Crippen molar-refractivity contribution in [3.63, 3.8) is 0 Å². The number of nitrogens with zero attached hydrogens (tertiary/aromatic N) is 4. The van der Waals surface area contributed by atoms with Crippen molar-refractivity contribution in [2.45, 2.75) is 17.5 Å². The van der Waals surface area contributed by atoms with Gasteiger partial charge >= 0.3 is 0 Å². The smallest absolute Gasteiger partial charge is 0.258 e. The Bertz CT molecular complexity index is 1400. The van der Waals surface area contributed by atoms with Crippen LogP contribution < -0.4 is 10.3 Å². The average molecular weight is 442 g/mol. The third-order valence-corrected chi connectivity index (χ3v) is 5.77. The Morgan fingerprint density at radius 3 is 2.41 bits per heavy atom. The molecule has 5 rings (SSSR count). The van der Waals surface area contributed by atoms with Crippen molar-refractivity contribution in [3.05, 3.63) is 107 Å². The molecule has 8 heteroatoms. The van der Waals surface area contributed by atoms with Crippen LogP contribution in [0.1, 0.15) is 11.6 Å². The van der Waals surface area contributed by atoms with Gasteiger partial charge in [0.05, 0.1) is 16.7 Å².